The molecule has 0 fully saturated rings. The molecule has 0 radical (unpaired) electrons. The number of hydrogen-bond donors (Lipinski definition) is 1. The van der Waals surface area contributed by atoms with E-state index in [-0.39, 0.29) is 5.54 Å². The highest BCUT2D eigenvalue weighted by Gasteiger charge is 2.08. The SMILES string of the molecule is CCN(CCCNC(C)(C)C)c1cccc(C)c1. The van der Waals surface area contributed by atoms with Crippen molar-refractivity contribution in [1.29, 1.82) is 0 Å². The Hall–Kier alpha value is -1.02. The topological polar surface area (TPSA) is 15.3 Å². The van der Waals surface area contributed by atoms with Crippen molar-refractivity contribution in [2.75, 3.05) is 24.5 Å². The molecule has 0 aliphatic rings. The van der Waals surface area contributed by atoms with Crippen LogP contribution in [0, 0.1) is 6.92 Å². The van der Waals surface area contributed by atoms with E-state index >= 15 is 0 Å². The van der Waals surface area contributed by atoms with Gasteiger partial charge in [0.2, 0.25) is 0 Å². The molecule has 0 spiro atoms. The van der Waals surface area contributed by atoms with Crippen LogP contribution in [0.5, 0.6) is 0 Å². The van der Waals surface area contributed by atoms with E-state index in [1.165, 1.54) is 17.7 Å². The minimum Gasteiger partial charge on any atom is -0.372 e. The second kappa shape index (κ2) is 6.79. The van der Waals surface area contributed by atoms with Crippen LogP contribution in [0.3, 0.4) is 0 Å². The monoisotopic (exact) mass is 248 g/mol. The molecule has 0 aliphatic heterocycles. The van der Waals surface area contributed by atoms with E-state index in [1.807, 2.05) is 0 Å². The van der Waals surface area contributed by atoms with Crippen LogP contribution in [0.25, 0.3) is 0 Å². The second-order valence-electron chi connectivity index (χ2n) is 5.95. The van der Waals surface area contributed by atoms with Crippen molar-refractivity contribution in [2.24, 2.45) is 0 Å². The quantitative estimate of drug-likeness (QED) is 0.774. The van der Waals surface area contributed by atoms with Gasteiger partial charge in [-0.3, -0.25) is 0 Å². The second-order valence-corrected chi connectivity index (χ2v) is 5.95. The standard InChI is InChI=1S/C16H28N2/c1-6-18(12-8-11-17-16(3,4)5)15-10-7-9-14(2)13-15/h7,9-10,13,17H,6,8,11-12H2,1-5H3. The van der Waals surface area contributed by atoms with Gasteiger partial charge in [0.1, 0.15) is 0 Å². The molecule has 0 unspecified atom stereocenters. The summed E-state index contributed by atoms with van der Waals surface area (Å²) in [5, 5.41) is 3.54. The average Bonchev–Trinajstić information content (AvgIpc) is 2.27. The summed E-state index contributed by atoms with van der Waals surface area (Å²) in [6.45, 7) is 14.3. The van der Waals surface area contributed by atoms with Crippen LogP contribution in [0.2, 0.25) is 0 Å². The number of hydrogen-bond acceptors (Lipinski definition) is 2. The van der Waals surface area contributed by atoms with Crippen molar-refractivity contribution >= 4 is 5.69 Å². The first kappa shape index (κ1) is 15.0. The molecule has 0 heterocycles. The molecular weight excluding hydrogens is 220 g/mol. The summed E-state index contributed by atoms with van der Waals surface area (Å²) in [7, 11) is 0. The molecule has 1 N–H and O–H groups in total. The fourth-order valence-corrected chi connectivity index (χ4v) is 2.03. The van der Waals surface area contributed by atoms with Crippen LogP contribution in [-0.2, 0) is 0 Å². The summed E-state index contributed by atoms with van der Waals surface area (Å²) >= 11 is 0. The van der Waals surface area contributed by atoms with Crippen LogP contribution in [0.4, 0.5) is 5.69 Å². The minimum absolute atomic E-state index is 0.223. The molecule has 1 rings (SSSR count). The van der Waals surface area contributed by atoms with Gasteiger partial charge in [0.15, 0.2) is 0 Å². The van der Waals surface area contributed by atoms with Crippen molar-refractivity contribution < 1.29 is 0 Å². The van der Waals surface area contributed by atoms with Crippen molar-refractivity contribution in [3.05, 3.63) is 29.8 Å². The van der Waals surface area contributed by atoms with Gasteiger partial charge in [0.25, 0.3) is 0 Å². The van der Waals surface area contributed by atoms with Crippen molar-refractivity contribution in [1.82, 2.24) is 5.32 Å². The predicted molar refractivity (Wildman–Crippen MR) is 81.4 cm³/mol. The first-order valence-corrected chi connectivity index (χ1v) is 6.99. The van der Waals surface area contributed by atoms with Crippen molar-refractivity contribution in [3.8, 4) is 0 Å². The fourth-order valence-electron chi connectivity index (χ4n) is 2.03. The van der Waals surface area contributed by atoms with E-state index in [9.17, 15) is 0 Å². The molecule has 2 nitrogen and oxygen atoms in total. The predicted octanol–water partition coefficient (Wildman–Crippen LogP) is 3.60. The molecule has 2 heteroatoms. The summed E-state index contributed by atoms with van der Waals surface area (Å²) < 4.78 is 0. The first-order valence-electron chi connectivity index (χ1n) is 6.99. The van der Waals surface area contributed by atoms with Crippen LogP contribution < -0.4 is 10.2 Å². The van der Waals surface area contributed by atoms with Crippen LogP contribution >= 0.6 is 0 Å². The third kappa shape index (κ3) is 5.54. The highest BCUT2D eigenvalue weighted by Crippen LogP contribution is 2.15. The molecule has 18 heavy (non-hydrogen) atoms. The van der Waals surface area contributed by atoms with Gasteiger partial charge in [-0.25, -0.2) is 0 Å². The Morgan fingerprint density at radius 1 is 1.22 bits per heavy atom. The number of rotatable bonds is 6. The first-order chi connectivity index (χ1) is 8.42. The smallest absolute Gasteiger partial charge is 0.0368 e. The third-order valence-electron chi connectivity index (χ3n) is 3.01. The lowest BCUT2D eigenvalue weighted by atomic mass is 10.1. The molecular formula is C16H28N2. The zero-order valence-corrected chi connectivity index (χ0v) is 12.6. The maximum atomic E-state index is 3.54. The lowest BCUT2D eigenvalue weighted by molar-refractivity contribution is 0.422. The van der Waals surface area contributed by atoms with E-state index in [2.05, 4.69) is 69.1 Å². The van der Waals surface area contributed by atoms with Gasteiger partial charge in [-0.1, -0.05) is 12.1 Å². The van der Waals surface area contributed by atoms with Gasteiger partial charge >= 0.3 is 0 Å². The van der Waals surface area contributed by atoms with Gasteiger partial charge in [0.05, 0.1) is 0 Å². The maximum Gasteiger partial charge on any atom is 0.0368 e. The third-order valence-corrected chi connectivity index (χ3v) is 3.01. The Balaban J connectivity index is 2.43. The minimum atomic E-state index is 0.223. The highest BCUT2D eigenvalue weighted by molar-refractivity contribution is 5.48. The Morgan fingerprint density at radius 2 is 1.94 bits per heavy atom. The number of nitrogens with zero attached hydrogens (tertiary/aromatic N) is 1. The molecule has 0 saturated heterocycles. The van der Waals surface area contributed by atoms with E-state index in [0.29, 0.717) is 0 Å². The van der Waals surface area contributed by atoms with E-state index in [1.54, 1.807) is 0 Å². The molecule has 0 aliphatic carbocycles. The Bertz CT molecular complexity index is 352. The maximum absolute atomic E-state index is 3.54. The molecule has 0 saturated carbocycles. The van der Waals surface area contributed by atoms with E-state index in [0.717, 1.165) is 19.6 Å². The summed E-state index contributed by atoms with van der Waals surface area (Å²) in [5.74, 6) is 0. The van der Waals surface area contributed by atoms with E-state index < -0.39 is 0 Å². The largest absolute Gasteiger partial charge is 0.372 e. The summed E-state index contributed by atoms with van der Waals surface area (Å²) in [4.78, 5) is 2.44. The summed E-state index contributed by atoms with van der Waals surface area (Å²) in [6, 6.07) is 8.76. The van der Waals surface area contributed by atoms with Crippen LogP contribution in [0.15, 0.2) is 24.3 Å². The molecule has 0 aromatic heterocycles. The molecule has 0 bridgehead atoms. The Kier molecular flexibility index (Phi) is 5.67. The zero-order valence-electron chi connectivity index (χ0n) is 12.6. The van der Waals surface area contributed by atoms with Crippen LogP contribution in [-0.4, -0.2) is 25.2 Å². The molecule has 0 atom stereocenters. The average molecular weight is 248 g/mol. The van der Waals surface area contributed by atoms with Gasteiger partial charge in [0, 0.05) is 24.3 Å². The van der Waals surface area contributed by atoms with Gasteiger partial charge < -0.3 is 10.2 Å². The normalized spacial score (nSPS) is 11.6. The molecule has 1 aromatic carbocycles. The molecule has 0 amide bonds. The summed E-state index contributed by atoms with van der Waals surface area (Å²) in [6.07, 6.45) is 1.18. The van der Waals surface area contributed by atoms with Gasteiger partial charge in [-0.2, -0.15) is 0 Å². The highest BCUT2D eigenvalue weighted by atomic mass is 15.1. The number of benzene rings is 1. The number of anilines is 1. The zero-order chi connectivity index (χ0) is 13.6. The fraction of sp³-hybridized carbons (Fsp3) is 0.625. The Morgan fingerprint density at radius 3 is 2.50 bits per heavy atom. The van der Waals surface area contributed by atoms with Gasteiger partial charge in [-0.05, 0) is 65.3 Å². The molecule has 102 valence electrons. The number of nitrogens with one attached hydrogen (secondary N) is 1. The van der Waals surface area contributed by atoms with Crippen molar-refractivity contribution in [3.63, 3.8) is 0 Å². The lowest BCUT2D eigenvalue weighted by Gasteiger charge is -2.25. The number of aryl methyl sites for hydroxylation is 1. The lowest BCUT2D eigenvalue weighted by Crippen LogP contribution is -2.37. The summed E-state index contributed by atoms with van der Waals surface area (Å²) in [5.41, 5.74) is 2.90. The van der Waals surface area contributed by atoms with E-state index in [4.69, 9.17) is 0 Å². The van der Waals surface area contributed by atoms with Crippen molar-refractivity contribution in [2.45, 2.75) is 46.6 Å². The van der Waals surface area contributed by atoms with Crippen LogP contribution in [0.1, 0.15) is 39.7 Å². The Labute approximate surface area is 112 Å². The molecule has 1 aromatic rings. The van der Waals surface area contributed by atoms with Gasteiger partial charge in [-0.15, -0.1) is 0 Å².